The molecule has 2 aromatic heterocycles. The first kappa shape index (κ1) is 28.3. The third kappa shape index (κ3) is 6.72. The van der Waals surface area contributed by atoms with E-state index < -0.39 is 5.41 Å². The maximum atomic E-state index is 12.6. The Morgan fingerprint density at radius 1 is 0.810 bits per heavy atom. The van der Waals surface area contributed by atoms with Crippen LogP contribution in [-0.4, -0.2) is 40.6 Å². The first-order chi connectivity index (χ1) is 20.3. The predicted octanol–water partition coefficient (Wildman–Crippen LogP) is 6.74. The van der Waals surface area contributed by atoms with Crippen molar-refractivity contribution in [3.63, 3.8) is 0 Å². The molecule has 3 aromatic carbocycles. The number of rotatable bonds is 10. The smallest absolute Gasteiger partial charge is 0.338 e. The van der Waals surface area contributed by atoms with Crippen LogP contribution in [0.25, 0.3) is 33.9 Å². The van der Waals surface area contributed by atoms with Gasteiger partial charge in [-0.15, -0.1) is 0 Å². The summed E-state index contributed by atoms with van der Waals surface area (Å²) in [5.41, 5.74) is 4.81. The van der Waals surface area contributed by atoms with Gasteiger partial charge in [-0.25, -0.2) is 9.78 Å². The third-order valence-corrected chi connectivity index (χ3v) is 6.72. The Balaban J connectivity index is 1.22. The minimum absolute atomic E-state index is 0.208. The largest absolute Gasteiger partial charge is 0.492 e. The molecule has 8 heteroatoms. The van der Waals surface area contributed by atoms with Crippen LogP contribution < -0.4 is 4.74 Å². The van der Waals surface area contributed by atoms with Crippen molar-refractivity contribution in [3.05, 3.63) is 115 Å². The zero-order valence-corrected chi connectivity index (χ0v) is 23.7. The molecule has 0 unspecified atom stereocenters. The number of nitrogens with zero attached hydrogens (tertiary/aromatic N) is 2. The van der Waals surface area contributed by atoms with Gasteiger partial charge >= 0.3 is 11.9 Å². The van der Waals surface area contributed by atoms with Crippen LogP contribution in [0.4, 0.5) is 0 Å². The van der Waals surface area contributed by atoms with Crippen molar-refractivity contribution in [2.45, 2.75) is 20.5 Å². The Hall–Kier alpha value is -5.24. The first-order valence-corrected chi connectivity index (χ1v) is 13.5. The average molecular weight is 562 g/mol. The van der Waals surface area contributed by atoms with Gasteiger partial charge in [0.1, 0.15) is 24.8 Å². The number of benzene rings is 3. The van der Waals surface area contributed by atoms with E-state index in [0.29, 0.717) is 17.1 Å². The second kappa shape index (κ2) is 12.5. The average Bonchev–Trinajstić information content (AvgIpc) is 3.54. The molecular formula is C34H31N3O5. The number of ether oxygens (including phenoxy) is 3. The number of hydrogen-bond acceptors (Lipinski definition) is 7. The highest BCUT2D eigenvalue weighted by Gasteiger charge is 2.29. The van der Waals surface area contributed by atoms with E-state index in [4.69, 9.17) is 14.2 Å². The van der Waals surface area contributed by atoms with E-state index in [2.05, 4.69) is 15.0 Å². The summed E-state index contributed by atoms with van der Waals surface area (Å²) in [5, 5.41) is 0. The standard InChI is InChI=1S/C34H31N3O5/c1-34(2,33(39)40-3)22-42-28-15-12-24(13-16-28)29-17-14-27(19-35-29)31-36-20-30(37-31)25-10-7-11-26(18-25)32(38)41-21-23-8-5-4-6-9-23/h4-20H,21-22H2,1-3H3,(H,36,37). The van der Waals surface area contributed by atoms with Gasteiger partial charge in [0.05, 0.1) is 35.7 Å². The molecule has 5 aromatic rings. The summed E-state index contributed by atoms with van der Waals surface area (Å²) in [6.45, 7) is 3.98. The molecule has 0 atom stereocenters. The second-order valence-corrected chi connectivity index (χ2v) is 10.4. The molecule has 0 bridgehead atoms. The van der Waals surface area contributed by atoms with Crippen LogP contribution in [0.15, 0.2) is 103 Å². The Morgan fingerprint density at radius 2 is 1.57 bits per heavy atom. The molecule has 0 radical (unpaired) electrons. The van der Waals surface area contributed by atoms with E-state index in [-0.39, 0.29) is 25.2 Å². The molecule has 2 heterocycles. The van der Waals surface area contributed by atoms with Crippen molar-refractivity contribution in [2.75, 3.05) is 13.7 Å². The first-order valence-electron chi connectivity index (χ1n) is 13.5. The number of pyridine rings is 1. The number of aromatic nitrogens is 3. The van der Waals surface area contributed by atoms with Crippen molar-refractivity contribution in [1.29, 1.82) is 0 Å². The lowest BCUT2D eigenvalue weighted by Crippen LogP contribution is -2.32. The van der Waals surface area contributed by atoms with Crippen LogP contribution in [0.2, 0.25) is 0 Å². The molecule has 0 spiro atoms. The summed E-state index contributed by atoms with van der Waals surface area (Å²) < 4.78 is 16.1. The number of aromatic amines is 1. The monoisotopic (exact) mass is 561 g/mol. The lowest BCUT2D eigenvalue weighted by Gasteiger charge is -2.21. The van der Waals surface area contributed by atoms with Gasteiger partial charge in [0, 0.05) is 22.9 Å². The predicted molar refractivity (Wildman–Crippen MR) is 160 cm³/mol. The van der Waals surface area contributed by atoms with Gasteiger partial charge in [0.15, 0.2) is 0 Å². The van der Waals surface area contributed by atoms with Gasteiger partial charge in [0.2, 0.25) is 0 Å². The molecular weight excluding hydrogens is 530 g/mol. The number of carbonyl (C=O) groups is 2. The van der Waals surface area contributed by atoms with Crippen LogP contribution in [-0.2, 0) is 20.9 Å². The maximum Gasteiger partial charge on any atom is 0.338 e. The number of methoxy groups -OCH3 is 1. The zero-order valence-electron chi connectivity index (χ0n) is 23.7. The molecule has 0 saturated carbocycles. The van der Waals surface area contributed by atoms with Crippen LogP contribution in [0.3, 0.4) is 0 Å². The normalized spacial score (nSPS) is 11.1. The Labute approximate surface area is 244 Å². The van der Waals surface area contributed by atoms with Crippen LogP contribution in [0.1, 0.15) is 29.8 Å². The fraction of sp³-hybridized carbons (Fsp3) is 0.176. The van der Waals surface area contributed by atoms with Crippen LogP contribution in [0, 0.1) is 5.41 Å². The molecule has 1 N–H and O–H groups in total. The van der Waals surface area contributed by atoms with Crippen molar-refractivity contribution >= 4 is 11.9 Å². The number of hydrogen-bond donors (Lipinski definition) is 1. The topological polar surface area (TPSA) is 103 Å². The molecule has 0 aliphatic heterocycles. The van der Waals surface area contributed by atoms with E-state index in [1.807, 2.05) is 78.9 Å². The molecule has 0 aliphatic rings. The quantitative estimate of drug-likeness (QED) is 0.188. The summed E-state index contributed by atoms with van der Waals surface area (Å²) in [4.78, 5) is 37.0. The summed E-state index contributed by atoms with van der Waals surface area (Å²) in [5.74, 6) is 0.617. The zero-order chi connectivity index (χ0) is 29.5. The highest BCUT2D eigenvalue weighted by atomic mass is 16.5. The maximum absolute atomic E-state index is 12.6. The highest BCUT2D eigenvalue weighted by Crippen LogP contribution is 2.27. The number of H-pyrrole nitrogens is 1. The summed E-state index contributed by atoms with van der Waals surface area (Å²) in [6, 6.07) is 28.3. The van der Waals surface area contributed by atoms with Crippen molar-refractivity contribution < 1.29 is 23.8 Å². The molecule has 0 aliphatic carbocycles. The molecule has 5 rings (SSSR count). The van der Waals surface area contributed by atoms with E-state index >= 15 is 0 Å². The number of imidazole rings is 1. The lowest BCUT2D eigenvalue weighted by atomic mass is 9.95. The fourth-order valence-corrected chi connectivity index (χ4v) is 4.26. The summed E-state index contributed by atoms with van der Waals surface area (Å²) in [6.07, 6.45) is 3.50. The SMILES string of the molecule is COC(=O)C(C)(C)COc1ccc(-c2ccc(-c3ncc(-c4cccc(C(=O)OCc5ccccc5)c4)[nH]3)cn2)cc1. The summed E-state index contributed by atoms with van der Waals surface area (Å²) >= 11 is 0. The molecule has 0 fully saturated rings. The Kier molecular flexibility index (Phi) is 8.43. The van der Waals surface area contributed by atoms with Gasteiger partial charge in [-0.05, 0) is 67.9 Å². The second-order valence-electron chi connectivity index (χ2n) is 10.4. The fourth-order valence-electron chi connectivity index (χ4n) is 4.26. The van der Waals surface area contributed by atoms with Crippen molar-refractivity contribution in [2.24, 2.45) is 5.41 Å². The van der Waals surface area contributed by atoms with Gasteiger partial charge in [-0.3, -0.25) is 9.78 Å². The van der Waals surface area contributed by atoms with E-state index in [0.717, 1.165) is 33.6 Å². The highest BCUT2D eigenvalue weighted by molar-refractivity contribution is 5.91. The van der Waals surface area contributed by atoms with Gasteiger partial charge < -0.3 is 19.2 Å². The molecule has 0 amide bonds. The van der Waals surface area contributed by atoms with Crippen molar-refractivity contribution in [1.82, 2.24) is 15.0 Å². The molecule has 212 valence electrons. The van der Waals surface area contributed by atoms with Gasteiger partial charge in [-0.2, -0.15) is 0 Å². The third-order valence-electron chi connectivity index (χ3n) is 6.72. The number of nitrogens with one attached hydrogen (secondary N) is 1. The molecule has 8 nitrogen and oxygen atoms in total. The van der Waals surface area contributed by atoms with Gasteiger partial charge in [-0.1, -0.05) is 42.5 Å². The number of carbonyl (C=O) groups excluding carboxylic acids is 2. The Bertz CT molecular complexity index is 1660. The van der Waals surface area contributed by atoms with Crippen molar-refractivity contribution in [3.8, 4) is 39.7 Å². The van der Waals surface area contributed by atoms with Crippen LogP contribution in [0.5, 0.6) is 5.75 Å². The molecule has 42 heavy (non-hydrogen) atoms. The number of esters is 2. The minimum Gasteiger partial charge on any atom is -0.492 e. The molecule has 0 saturated heterocycles. The van der Waals surface area contributed by atoms with E-state index in [1.165, 1.54) is 7.11 Å². The van der Waals surface area contributed by atoms with Crippen LogP contribution >= 0.6 is 0 Å². The van der Waals surface area contributed by atoms with Gasteiger partial charge in [0.25, 0.3) is 0 Å². The van der Waals surface area contributed by atoms with E-state index in [9.17, 15) is 9.59 Å². The summed E-state index contributed by atoms with van der Waals surface area (Å²) in [7, 11) is 1.37. The lowest BCUT2D eigenvalue weighted by molar-refractivity contribution is -0.152. The minimum atomic E-state index is -0.742. The van der Waals surface area contributed by atoms with E-state index in [1.54, 1.807) is 38.4 Å². The Morgan fingerprint density at radius 3 is 2.29 bits per heavy atom.